The van der Waals surface area contributed by atoms with Gasteiger partial charge in [0, 0.05) is 6.54 Å². The minimum atomic E-state index is 0.611. The van der Waals surface area contributed by atoms with Crippen LogP contribution in [0.4, 0.5) is 5.69 Å². The summed E-state index contributed by atoms with van der Waals surface area (Å²) in [5.41, 5.74) is 2.05. The second-order valence-electron chi connectivity index (χ2n) is 5.02. The van der Waals surface area contributed by atoms with Gasteiger partial charge in [0.1, 0.15) is 0 Å². The first-order valence-electron chi connectivity index (χ1n) is 7.72. The van der Waals surface area contributed by atoms with E-state index in [1.54, 1.807) is 0 Å². The lowest BCUT2D eigenvalue weighted by Crippen LogP contribution is -2.05. The van der Waals surface area contributed by atoms with Crippen LogP contribution in [0.2, 0.25) is 5.02 Å². The van der Waals surface area contributed by atoms with Gasteiger partial charge >= 0.3 is 0 Å². The minimum absolute atomic E-state index is 0.611. The molecule has 0 atom stereocenters. The van der Waals surface area contributed by atoms with Gasteiger partial charge in [-0.15, -0.1) is 0 Å². The van der Waals surface area contributed by atoms with E-state index < -0.39 is 0 Å². The molecule has 23 heavy (non-hydrogen) atoms. The van der Waals surface area contributed by atoms with Crippen molar-refractivity contribution >= 4 is 39.9 Å². The van der Waals surface area contributed by atoms with Gasteiger partial charge in [-0.1, -0.05) is 30.7 Å². The van der Waals surface area contributed by atoms with E-state index in [0.29, 0.717) is 19.8 Å². The molecular weight excluding hydrogens is 425 g/mol. The molecule has 1 N–H and O–H groups in total. The molecule has 0 saturated carbocycles. The van der Waals surface area contributed by atoms with Gasteiger partial charge in [-0.05, 0) is 65.8 Å². The molecule has 2 aromatic rings. The van der Waals surface area contributed by atoms with E-state index in [-0.39, 0.29) is 0 Å². The number of anilines is 1. The van der Waals surface area contributed by atoms with Crippen molar-refractivity contribution in [1.82, 2.24) is 0 Å². The summed E-state index contributed by atoms with van der Waals surface area (Å²) in [5, 5.41) is 4.07. The number of ether oxygens (including phenoxy) is 2. The Morgan fingerprint density at radius 1 is 1.13 bits per heavy atom. The highest BCUT2D eigenvalue weighted by atomic mass is 127. The minimum Gasteiger partial charge on any atom is -0.490 e. The zero-order chi connectivity index (χ0) is 16.7. The molecule has 0 radical (unpaired) electrons. The summed E-state index contributed by atoms with van der Waals surface area (Å²) >= 11 is 8.47. The van der Waals surface area contributed by atoms with E-state index in [0.717, 1.165) is 37.8 Å². The van der Waals surface area contributed by atoms with Crippen LogP contribution in [0, 0.1) is 3.57 Å². The van der Waals surface area contributed by atoms with Crippen molar-refractivity contribution in [2.45, 2.75) is 26.8 Å². The monoisotopic (exact) mass is 445 g/mol. The number of para-hydroxylation sites is 1. The number of rotatable bonds is 8. The summed E-state index contributed by atoms with van der Waals surface area (Å²) in [7, 11) is 0. The van der Waals surface area contributed by atoms with E-state index in [9.17, 15) is 0 Å². The SMILES string of the molecule is CCCOc1c(I)cc(CNc2ccccc2Cl)cc1OCC. The highest BCUT2D eigenvalue weighted by Gasteiger charge is 2.12. The van der Waals surface area contributed by atoms with Crippen LogP contribution in [0.15, 0.2) is 36.4 Å². The summed E-state index contributed by atoms with van der Waals surface area (Å²) in [5.74, 6) is 1.62. The highest BCUT2D eigenvalue weighted by Crippen LogP contribution is 2.34. The third-order valence-corrected chi connectivity index (χ3v) is 4.31. The molecule has 2 aromatic carbocycles. The van der Waals surface area contributed by atoms with Crippen LogP contribution in [-0.4, -0.2) is 13.2 Å². The Balaban J connectivity index is 2.17. The number of hydrogen-bond acceptors (Lipinski definition) is 3. The lowest BCUT2D eigenvalue weighted by Gasteiger charge is -2.16. The molecule has 0 aliphatic rings. The van der Waals surface area contributed by atoms with Crippen molar-refractivity contribution in [3.8, 4) is 11.5 Å². The summed E-state index contributed by atoms with van der Waals surface area (Å²) in [4.78, 5) is 0. The Kier molecular flexibility index (Phi) is 7.30. The molecule has 0 aliphatic carbocycles. The number of benzene rings is 2. The fourth-order valence-electron chi connectivity index (χ4n) is 2.13. The molecule has 0 aliphatic heterocycles. The summed E-state index contributed by atoms with van der Waals surface area (Å²) < 4.78 is 12.6. The van der Waals surface area contributed by atoms with Crippen molar-refractivity contribution in [3.63, 3.8) is 0 Å². The Hall–Kier alpha value is -1.14. The van der Waals surface area contributed by atoms with E-state index >= 15 is 0 Å². The molecule has 0 heterocycles. The Labute approximate surface area is 156 Å². The van der Waals surface area contributed by atoms with E-state index in [1.807, 2.05) is 37.3 Å². The standard InChI is InChI=1S/C18H21ClINO2/c1-3-9-23-18-15(20)10-13(11-17(18)22-4-2)12-21-16-8-6-5-7-14(16)19/h5-8,10-11,21H,3-4,9,12H2,1-2H3. The maximum atomic E-state index is 6.18. The second kappa shape index (κ2) is 9.23. The van der Waals surface area contributed by atoms with Crippen LogP contribution < -0.4 is 14.8 Å². The van der Waals surface area contributed by atoms with E-state index in [2.05, 4.69) is 40.9 Å². The number of halogens is 2. The third-order valence-electron chi connectivity index (χ3n) is 3.18. The predicted octanol–water partition coefficient (Wildman–Crippen LogP) is 5.74. The van der Waals surface area contributed by atoms with Gasteiger partial charge in [0.15, 0.2) is 11.5 Å². The van der Waals surface area contributed by atoms with Crippen LogP contribution in [0.25, 0.3) is 0 Å². The summed E-state index contributed by atoms with van der Waals surface area (Å²) in [6, 6.07) is 11.9. The smallest absolute Gasteiger partial charge is 0.174 e. The molecule has 0 unspecified atom stereocenters. The quantitative estimate of drug-likeness (QED) is 0.525. The van der Waals surface area contributed by atoms with Gasteiger partial charge in [0.2, 0.25) is 0 Å². The molecule has 0 spiro atoms. The molecule has 5 heteroatoms. The average molecular weight is 446 g/mol. The second-order valence-corrected chi connectivity index (χ2v) is 6.59. The van der Waals surface area contributed by atoms with Gasteiger partial charge in [-0.25, -0.2) is 0 Å². The van der Waals surface area contributed by atoms with Crippen molar-refractivity contribution in [2.75, 3.05) is 18.5 Å². The molecule has 0 saturated heterocycles. The van der Waals surface area contributed by atoms with Crippen molar-refractivity contribution < 1.29 is 9.47 Å². The predicted molar refractivity (Wildman–Crippen MR) is 105 cm³/mol. The van der Waals surface area contributed by atoms with Gasteiger partial charge in [0.05, 0.1) is 27.5 Å². The molecule has 0 fully saturated rings. The normalized spacial score (nSPS) is 10.4. The van der Waals surface area contributed by atoms with Gasteiger partial charge in [-0.3, -0.25) is 0 Å². The lowest BCUT2D eigenvalue weighted by atomic mass is 10.2. The summed E-state index contributed by atoms with van der Waals surface area (Å²) in [6.07, 6.45) is 0.970. The van der Waals surface area contributed by atoms with Crippen molar-refractivity contribution in [2.24, 2.45) is 0 Å². The van der Waals surface area contributed by atoms with Crippen LogP contribution in [-0.2, 0) is 6.54 Å². The molecule has 0 amide bonds. The number of hydrogen-bond donors (Lipinski definition) is 1. The van der Waals surface area contributed by atoms with Gasteiger partial charge in [-0.2, -0.15) is 0 Å². The first kappa shape index (κ1) is 18.2. The lowest BCUT2D eigenvalue weighted by molar-refractivity contribution is 0.275. The van der Waals surface area contributed by atoms with Crippen LogP contribution in [0.1, 0.15) is 25.8 Å². The van der Waals surface area contributed by atoms with Crippen LogP contribution in [0.3, 0.4) is 0 Å². The fourth-order valence-corrected chi connectivity index (χ4v) is 3.16. The highest BCUT2D eigenvalue weighted by molar-refractivity contribution is 14.1. The zero-order valence-corrected chi connectivity index (χ0v) is 16.3. The zero-order valence-electron chi connectivity index (χ0n) is 13.4. The van der Waals surface area contributed by atoms with Crippen LogP contribution in [0.5, 0.6) is 11.5 Å². The molecule has 3 nitrogen and oxygen atoms in total. The topological polar surface area (TPSA) is 30.5 Å². The third kappa shape index (κ3) is 5.18. The average Bonchev–Trinajstić information content (AvgIpc) is 2.54. The fraction of sp³-hybridized carbons (Fsp3) is 0.333. The largest absolute Gasteiger partial charge is 0.490 e. The molecular formula is C18H21ClINO2. The Bertz CT molecular complexity index is 649. The maximum absolute atomic E-state index is 6.18. The first-order valence-corrected chi connectivity index (χ1v) is 9.17. The van der Waals surface area contributed by atoms with Crippen LogP contribution >= 0.6 is 34.2 Å². The van der Waals surface area contributed by atoms with E-state index in [1.165, 1.54) is 0 Å². The molecule has 124 valence electrons. The summed E-state index contributed by atoms with van der Waals surface area (Å²) in [6.45, 7) is 6.04. The molecule has 0 bridgehead atoms. The van der Waals surface area contributed by atoms with Crippen molar-refractivity contribution in [3.05, 3.63) is 50.6 Å². The first-order chi connectivity index (χ1) is 11.2. The Morgan fingerprint density at radius 2 is 1.91 bits per heavy atom. The molecule has 2 rings (SSSR count). The maximum Gasteiger partial charge on any atom is 0.174 e. The molecule has 0 aromatic heterocycles. The Morgan fingerprint density at radius 3 is 2.61 bits per heavy atom. The number of nitrogens with one attached hydrogen (secondary N) is 1. The van der Waals surface area contributed by atoms with Gasteiger partial charge in [0.25, 0.3) is 0 Å². The van der Waals surface area contributed by atoms with E-state index in [4.69, 9.17) is 21.1 Å². The van der Waals surface area contributed by atoms with Gasteiger partial charge < -0.3 is 14.8 Å². The van der Waals surface area contributed by atoms with Crippen molar-refractivity contribution in [1.29, 1.82) is 0 Å².